The third kappa shape index (κ3) is 5.58. The zero-order valence-corrected chi connectivity index (χ0v) is 17.8. The van der Waals surface area contributed by atoms with Gasteiger partial charge >= 0.3 is 0 Å². The van der Waals surface area contributed by atoms with Crippen LogP contribution in [-0.4, -0.2) is 47.8 Å². The summed E-state index contributed by atoms with van der Waals surface area (Å²) in [5, 5.41) is 5.74. The Hall–Kier alpha value is -2.44. The number of carbonyl (C=O) groups is 3. The molecule has 0 bridgehead atoms. The number of halogens is 1. The molecule has 3 rings (SSSR count). The first-order valence-corrected chi connectivity index (χ1v) is 11.0. The predicted octanol–water partition coefficient (Wildman–Crippen LogP) is 2.88. The van der Waals surface area contributed by atoms with Crippen molar-refractivity contribution in [3.05, 3.63) is 35.6 Å². The fourth-order valence-corrected chi connectivity index (χ4v) is 4.48. The van der Waals surface area contributed by atoms with E-state index in [4.69, 9.17) is 0 Å². The van der Waals surface area contributed by atoms with Gasteiger partial charge in [-0.3, -0.25) is 14.4 Å². The molecule has 30 heavy (non-hydrogen) atoms. The van der Waals surface area contributed by atoms with Gasteiger partial charge in [0.25, 0.3) is 5.91 Å². The summed E-state index contributed by atoms with van der Waals surface area (Å²) in [4.78, 5) is 40.1. The number of likely N-dealkylation sites (tertiary alicyclic amines) is 1. The molecule has 0 aromatic heterocycles. The van der Waals surface area contributed by atoms with Crippen LogP contribution in [0.15, 0.2) is 24.3 Å². The first kappa shape index (κ1) is 22.2. The van der Waals surface area contributed by atoms with E-state index < -0.39 is 17.8 Å². The number of rotatable bonds is 6. The number of nitrogens with one attached hydrogen (secondary N) is 2. The minimum Gasteiger partial charge on any atom is -0.352 e. The highest BCUT2D eigenvalue weighted by molar-refractivity contribution is 5.97. The minimum atomic E-state index is -0.686. The van der Waals surface area contributed by atoms with Gasteiger partial charge < -0.3 is 15.5 Å². The van der Waals surface area contributed by atoms with E-state index >= 15 is 0 Å². The molecule has 7 heteroatoms. The maximum Gasteiger partial charge on any atom is 0.251 e. The van der Waals surface area contributed by atoms with Gasteiger partial charge in [-0.25, -0.2) is 4.39 Å². The Morgan fingerprint density at radius 2 is 1.57 bits per heavy atom. The summed E-state index contributed by atoms with van der Waals surface area (Å²) in [6, 6.07) is 4.53. The number of piperidine rings is 1. The fraction of sp³-hybridized carbons (Fsp3) is 0.609. The van der Waals surface area contributed by atoms with Crippen LogP contribution in [0.1, 0.15) is 62.7 Å². The second-order valence-corrected chi connectivity index (χ2v) is 8.77. The average molecular weight is 418 g/mol. The number of carbonyl (C=O) groups excluding carboxylic acids is 3. The summed E-state index contributed by atoms with van der Waals surface area (Å²) in [6.45, 7) is 4.97. The average Bonchev–Trinajstić information content (AvgIpc) is 3.26. The lowest BCUT2D eigenvalue weighted by Crippen LogP contribution is -2.55. The third-order valence-corrected chi connectivity index (χ3v) is 6.13. The molecule has 6 nitrogen and oxygen atoms in total. The molecule has 1 aromatic rings. The molecule has 1 aromatic carbocycles. The van der Waals surface area contributed by atoms with Crippen molar-refractivity contribution < 1.29 is 18.8 Å². The SMILES string of the molecule is CC(C)NC(=O)C(NC(=O)c1ccc(F)cc1)C1CCN(C(=O)C2CCCC2)CC1. The molecule has 1 heterocycles. The van der Waals surface area contributed by atoms with E-state index in [0.717, 1.165) is 25.7 Å². The van der Waals surface area contributed by atoms with Crippen molar-refractivity contribution in [3.63, 3.8) is 0 Å². The van der Waals surface area contributed by atoms with Crippen molar-refractivity contribution in [1.29, 1.82) is 0 Å². The second-order valence-electron chi connectivity index (χ2n) is 8.77. The van der Waals surface area contributed by atoms with E-state index in [1.54, 1.807) is 0 Å². The molecule has 2 aliphatic rings. The molecule has 0 spiro atoms. The van der Waals surface area contributed by atoms with Crippen LogP contribution in [-0.2, 0) is 9.59 Å². The summed E-state index contributed by atoms with van der Waals surface area (Å²) < 4.78 is 13.2. The highest BCUT2D eigenvalue weighted by Gasteiger charge is 2.36. The Bertz CT molecular complexity index is 751. The van der Waals surface area contributed by atoms with Gasteiger partial charge in [0.2, 0.25) is 11.8 Å². The number of hydrogen-bond donors (Lipinski definition) is 2. The predicted molar refractivity (Wildman–Crippen MR) is 112 cm³/mol. The standard InChI is InChI=1S/C23H32FN3O3/c1-15(2)25-22(29)20(26-21(28)17-7-9-19(24)10-8-17)16-11-13-27(14-12-16)23(30)18-5-3-4-6-18/h7-10,15-16,18,20H,3-6,11-14H2,1-2H3,(H,25,29)(H,26,28). The maximum absolute atomic E-state index is 13.2. The largest absolute Gasteiger partial charge is 0.352 e. The lowest BCUT2D eigenvalue weighted by Gasteiger charge is -2.37. The van der Waals surface area contributed by atoms with Crippen molar-refractivity contribution in [1.82, 2.24) is 15.5 Å². The van der Waals surface area contributed by atoms with Crippen molar-refractivity contribution >= 4 is 17.7 Å². The van der Waals surface area contributed by atoms with Gasteiger partial charge in [-0.05, 0) is 69.7 Å². The lowest BCUT2D eigenvalue weighted by atomic mass is 9.87. The van der Waals surface area contributed by atoms with E-state index in [1.807, 2.05) is 18.7 Å². The molecule has 2 N–H and O–H groups in total. The minimum absolute atomic E-state index is 0.0493. The van der Waals surface area contributed by atoms with Gasteiger partial charge in [-0.1, -0.05) is 12.8 Å². The van der Waals surface area contributed by atoms with Crippen LogP contribution < -0.4 is 10.6 Å². The Balaban J connectivity index is 1.65. The molecular formula is C23H32FN3O3. The summed E-state index contributed by atoms with van der Waals surface area (Å²) in [5.74, 6) is -0.700. The van der Waals surface area contributed by atoms with Gasteiger partial charge in [0.1, 0.15) is 11.9 Å². The Morgan fingerprint density at radius 3 is 2.13 bits per heavy atom. The summed E-state index contributed by atoms with van der Waals surface area (Å²) in [6.07, 6.45) is 5.54. The van der Waals surface area contributed by atoms with Gasteiger partial charge in [0, 0.05) is 30.6 Å². The summed E-state index contributed by atoms with van der Waals surface area (Å²) in [5.41, 5.74) is 0.313. The zero-order valence-electron chi connectivity index (χ0n) is 17.8. The van der Waals surface area contributed by atoms with E-state index in [0.29, 0.717) is 31.5 Å². The number of benzene rings is 1. The molecule has 1 aliphatic carbocycles. The normalized spacial score (nSPS) is 19.0. The zero-order chi connectivity index (χ0) is 21.7. The number of nitrogens with zero attached hydrogens (tertiary/aromatic N) is 1. The molecule has 1 saturated heterocycles. The van der Waals surface area contributed by atoms with Crippen LogP contribution >= 0.6 is 0 Å². The van der Waals surface area contributed by atoms with Crippen molar-refractivity contribution in [2.24, 2.45) is 11.8 Å². The molecule has 1 unspecified atom stereocenters. The van der Waals surface area contributed by atoms with Gasteiger partial charge in [0.05, 0.1) is 0 Å². The van der Waals surface area contributed by atoms with Crippen LogP contribution in [0.3, 0.4) is 0 Å². The van der Waals surface area contributed by atoms with Crippen LogP contribution in [0.25, 0.3) is 0 Å². The number of hydrogen-bond acceptors (Lipinski definition) is 3. The molecule has 1 atom stereocenters. The number of amides is 3. The first-order valence-electron chi connectivity index (χ1n) is 11.0. The molecule has 0 radical (unpaired) electrons. The van der Waals surface area contributed by atoms with Crippen molar-refractivity contribution in [2.45, 2.75) is 64.5 Å². The van der Waals surface area contributed by atoms with E-state index in [1.165, 1.54) is 24.3 Å². The van der Waals surface area contributed by atoms with Crippen LogP contribution in [0, 0.1) is 17.7 Å². The van der Waals surface area contributed by atoms with Gasteiger partial charge in [0.15, 0.2) is 0 Å². The van der Waals surface area contributed by atoms with Crippen LogP contribution in [0.5, 0.6) is 0 Å². The molecule has 1 saturated carbocycles. The van der Waals surface area contributed by atoms with Crippen LogP contribution in [0.4, 0.5) is 4.39 Å². The van der Waals surface area contributed by atoms with Gasteiger partial charge in [-0.15, -0.1) is 0 Å². The Kier molecular flexibility index (Phi) is 7.45. The Morgan fingerprint density at radius 1 is 0.967 bits per heavy atom. The van der Waals surface area contributed by atoms with Crippen molar-refractivity contribution in [3.8, 4) is 0 Å². The lowest BCUT2D eigenvalue weighted by molar-refractivity contribution is -0.137. The Labute approximate surface area is 177 Å². The highest BCUT2D eigenvalue weighted by atomic mass is 19.1. The monoisotopic (exact) mass is 417 g/mol. The van der Waals surface area contributed by atoms with E-state index in [2.05, 4.69) is 10.6 Å². The van der Waals surface area contributed by atoms with Crippen molar-refractivity contribution in [2.75, 3.05) is 13.1 Å². The van der Waals surface area contributed by atoms with Gasteiger partial charge in [-0.2, -0.15) is 0 Å². The highest BCUT2D eigenvalue weighted by Crippen LogP contribution is 2.29. The second kappa shape index (κ2) is 10.0. The fourth-order valence-electron chi connectivity index (χ4n) is 4.48. The molecule has 3 amide bonds. The smallest absolute Gasteiger partial charge is 0.251 e. The maximum atomic E-state index is 13.2. The first-order chi connectivity index (χ1) is 14.3. The molecular weight excluding hydrogens is 385 g/mol. The topological polar surface area (TPSA) is 78.5 Å². The molecule has 164 valence electrons. The van der Waals surface area contributed by atoms with E-state index in [-0.39, 0.29) is 29.7 Å². The van der Waals surface area contributed by atoms with Crippen LogP contribution in [0.2, 0.25) is 0 Å². The quantitative estimate of drug-likeness (QED) is 0.747. The third-order valence-electron chi connectivity index (χ3n) is 6.13. The van der Waals surface area contributed by atoms with E-state index in [9.17, 15) is 18.8 Å². The molecule has 2 fully saturated rings. The summed E-state index contributed by atoms with van der Waals surface area (Å²) in [7, 11) is 0. The molecule has 1 aliphatic heterocycles. The summed E-state index contributed by atoms with van der Waals surface area (Å²) >= 11 is 0.